The Morgan fingerprint density at radius 2 is 2.08 bits per heavy atom. The van der Waals surface area contributed by atoms with Crippen molar-refractivity contribution in [3.63, 3.8) is 0 Å². The number of nitro groups is 1. The maximum absolute atomic E-state index is 12.5. The van der Waals surface area contributed by atoms with Gasteiger partial charge in [-0.3, -0.25) is 20.2 Å². The molecule has 140 valence electrons. The third-order valence-electron chi connectivity index (χ3n) is 3.45. The number of nitrogens with one attached hydrogen (secondary N) is 1. The van der Waals surface area contributed by atoms with E-state index in [2.05, 4.69) is 22.4 Å². The fourth-order valence-corrected chi connectivity index (χ4v) is 2.98. The van der Waals surface area contributed by atoms with E-state index in [1.54, 1.807) is 6.92 Å². The summed E-state index contributed by atoms with van der Waals surface area (Å²) in [4.78, 5) is 23.2. The lowest BCUT2D eigenvalue weighted by Crippen LogP contribution is -2.14. The summed E-state index contributed by atoms with van der Waals surface area (Å²) >= 11 is 1.25. The molecule has 1 heterocycles. The third kappa shape index (κ3) is 4.66. The Morgan fingerprint density at radius 3 is 2.69 bits per heavy atom. The van der Waals surface area contributed by atoms with Crippen molar-refractivity contribution >= 4 is 28.1 Å². The van der Waals surface area contributed by atoms with Crippen LogP contribution in [0.4, 0.5) is 10.8 Å². The van der Waals surface area contributed by atoms with Gasteiger partial charge in [-0.25, -0.2) is 0 Å². The highest BCUT2D eigenvalue weighted by atomic mass is 32.1. The average Bonchev–Trinajstić information content (AvgIpc) is 3.06. The number of nitro benzene ring substituents is 1. The number of nitrogens with zero attached hydrogens (tertiary/aromatic N) is 3. The van der Waals surface area contributed by atoms with E-state index < -0.39 is 10.8 Å². The molecule has 10 heteroatoms. The molecule has 1 aromatic carbocycles. The van der Waals surface area contributed by atoms with E-state index in [1.807, 2.05) is 0 Å². The van der Waals surface area contributed by atoms with E-state index in [0.29, 0.717) is 11.7 Å². The van der Waals surface area contributed by atoms with Gasteiger partial charge in [0.15, 0.2) is 11.5 Å². The van der Waals surface area contributed by atoms with Gasteiger partial charge in [0.1, 0.15) is 10.6 Å². The van der Waals surface area contributed by atoms with Crippen LogP contribution in [0.2, 0.25) is 0 Å². The second-order valence-corrected chi connectivity index (χ2v) is 6.33. The van der Waals surface area contributed by atoms with Crippen molar-refractivity contribution in [2.75, 3.05) is 19.0 Å². The van der Waals surface area contributed by atoms with Crippen molar-refractivity contribution in [2.24, 2.45) is 0 Å². The number of methoxy groups -OCH3 is 1. The monoisotopic (exact) mass is 380 g/mol. The van der Waals surface area contributed by atoms with Gasteiger partial charge < -0.3 is 9.47 Å². The van der Waals surface area contributed by atoms with Crippen LogP contribution in [0, 0.1) is 10.1 Å². The Bertz CT molecular complexity index is 793. The number of benzene rings is 1. The molecular weight excluding hydrogens is 360 g/mol. The molecule has 0 fully saturated rings. The van der Waals surface area contributed by atoms with Crippen LogP contribution in [0.15, 0.2) is 12.1 Å². The molecule has 0 aliphatic carbocycles. The number of aryl methyl sites for hydroxylation is 1. The van der Waals surface area contributed by atoms with Gasteiger partial charge in [-0.05, 0) is 13.3 Å². The second kappa shape index (κ2) is 9.09. The van der Waals surface area contributed by atoms with Crippen molar-refractivity contribution in [1.82, 2.24) is 10.2 Å². The molecule has 2 rings (SSSR count). The maximum atomic E-state index is 12.5. The van der Waals surface area contributed by atoms with Crippen molar-refractivity contribution in [3.05, 3.63) is 32.8 Å². The summed E-state index contributed by atoms with van der Waals surface area (Å²) in [5.74, 6) is -0.210. The first kappa shape index (κ1) is 19.6. The predicted octanol–water partition coefficient (Wildman–Crippen LogP) is 3.45. The molecule has 0 spiro atoms. The normalized spacial score (nSPS) is 10.4. The van der Waals surface area contributed by atoms with Crippen molar-refractivity contribution in [2.45, 2.75) is 33.1 Å². The molecule has 1 amide bonds. The molecule has 2 aromatic rings. The van der Waals surface area contributed by atoms with Crippen molar-refractivity contribution in [1.29, 1.82) is 0 Å². The van der Waals surface area contributed by atoms with Crippen LogP contribution in [0.25, 0.3) is 0 Å². The fourth-order valence-electron chi connectivity index (χ4n) is 2.21. The number of unbranched alkanes of at least 4 members (excludes halogenated alkanes) is 1. The number of hydrogen-bond donors (Lipinski definition) is 1. The standard InChI is InChI=1S/C16H20N4O5S/c1-4-6-7-14-18-19-16(26-14)17-15(21)10-8-13(25-5-2)12(24-3)9-11(10)20(22)23/h8-9H,4-7H2,1-3H3,(H,17,19,21). The van der Waals surface area contributed by atoms with Gasteiger partial charge in [0.2, 0.25) is 5.13 Å². The number of carbonyl (C=O) groups is 1. The molecule has 0 aliphatic heterocycles. The fraction of sp³-hybridized carbons (Fsp3) is 0.438. The van der Waals surface area contributed by atoms with Crippen LogP contribution >= 0.6 is 11.3 Å². The van der Waals surface area contributed by atoms with E-state index in [0.717, 1.165) is 24.3 Å². The Balaban J connectivity index is 2.29. The summed E-state index contributed by atoms with van der Waals surface area (Å²) in [6, 6.07) is 2.47. The number of amides is 1. The van der Waals surface area contributed by atoms with Crippen LogP contribution < -0.4 is 14.8 Å². The Labute approximate surface area is 154 Å². The SMILES string of the molecule is CCCCc1nnc(NC(=O)c2cc(OCC)c(OC)cc2[N+](=O)[O-])s1. The average molecular weight is 380 g/mol. The van der Waals surface area contributed by atoms with Gasteiger partial charge in [0.25, 0.3) is 11.6 Å². The zero-order valence-electron chi connectivity index (χ0n) is 14.8. The molecule has 1 N–H and O–H groups in total. The first-order valence-electron chi connectivity index (χ1n) is 8.13. The minimum atomic E-state index is -0.654. The Hall–Kier alpha value is -2.75. The number of carbonyl (C=O) groups excluding carboxylic acids is 1. The zero-order chi connectivity index (χ0) is 19.1. The van der Waals surface area contributed by atoms with E-state index in [-0.39, 0.29) is 22.7 Å². The van der Waals surface area contributed by atoms with E-state index in [9.17, 15) is 14.9 Å². The largest absolute Gasteiger partial charge is 0.493 e. The zero-order valence-corrected chi connectivity index (χ0v) is 15.6. The molecule has 1 aromatic heterocycles. The van der Waals surface area contributed by atoms with Crippen LogP contribution in [0.3, 0.4) is 0 Å². The van der Waals surface area contributed by atoms with Gasteiger partial charge in [0, 0.05) is 12.5 Å². The summed E-state index contributed by atoms with van der Waals surface area (Å²) in [5.41, 5.74) is -0.511. The van der Waals surface area contributed by atoms with Crippen LogP contribution in [0.1, 0.15) is 42.1 Å². The molecule has 0 saturated heterocycles. The van der Waals surface area contributed by atoms with Gasteiger partial charge in [-0.1, -0.05) is 24.7 Å². The van der Waals surface area contributed by atoms with Gasteiger partial charge in [-0.2, -0.15) is 0 Å². The van der Waals surface area contributed by atoms with Gasteiger partial charge >= 0.3 is 0 Å². The lowest BCUT2D eigenvalue weighted by Gasteiger charge is -2.11. The second-order valence-electron chi connectivity index (χ2n) is 5.27. The summed E-state index contributed by atoms with van der Waals surface area (Å²) in [6.07, 6.45) is 2.78. The number of anilines is 1. The molecule has 9 nitrogen and oxygen atoms in total. The Kier molecular flexibility index (Phi) is 6.84. The van der Waals surface area contributed by atoms with E-state index >= 15 is 0 Å². The summed E-state index contributed by atoms with van der Waals surface area (Å²) in [7, 11) is 1.38. The molecule has 0 atom stereocenters. The summed E-state index contributed by atoms with van der Waals surface area (Å²) in [5, 5.41) is 22.9. The number of rotatable bonds is 9. The van der Waals surface area contributed by atoms with Crippen LogP contribution in [-0.2, 0) is 6.42 Å². The van der Waals surface area contributed by atoms with E-state index in [1.165, 1.54) is 30.6 Å². The van der Waals surface area contributed by atoms with Gasteiger partial charge in [-0.15, -0.1) is 10.2 Å². The first-order valence-corrected chi connectivity index (χ1v) is 8.94. The van der Waals surface area contributed by atoms with Crippen LogP contribution in [-0.4, -0.2) is 34.7 Å². The smallest absolute Gasteiger partial charge is 0.286 e. The van der Waals surface area contributed by atoms with E-state index in [4.69, 9.17) is 9.47 Å². The molecule has 0 aliphatic rings. The highest BCUT2D eigenvalue weighted by Crippen LogP contribution is 2.35. The topological polar surface area (TPSA) is 116 Å². The quantitative estimate of drug-likeness (QED) is 0.523. The minimum absolute atomic E-state index is 0.135. The van der Waals surface area contributed by atoms with Crippen LogP contribution in [0.5, 0.6) is 11.5 Å². The van der Waals surface area contributed by atoms with Crippen molar-refractivity contribution < 1.29 is 19.2 Å². The molecular formula is C16H20N4O5S. The molecule has 26 heavy (non-hydrogen) atoms. The molecule has 0 saturated carbocycles. The molecule has 0 radical (unpaired) electrons. The number of aromatic nitrogens is 2. The molecule has 0 bridgehead atoms. The Morgan fingerprint density at radius 1 is 1.31 bits per heavy atom. The number of hydrogen-bond acceptors (Lipinski definition) is 8. The first-order chi connectivity index (χ1) is 12.5. The maximum Gasteiger partial charge on any atom is 0.286 e. The molecule has 0 unspecified atom stereocenters. The third-order valence-corrected chi connectivity index (χ3v) is 4.35. The lowest BCUT2D eigenvalue weighted by atomic mass is 10.1. The highest BCUT2D eigenvalue weighted by Gasteiger charge is 2.25. The number of ether oxygens (including phenoxy) is 2. The van der Waals surface area contributed by atoms with Crippen molar-refractivity contribution in [3.8, 4) is 11.5 Å². The summed E-state index contributed by atoms with van der Waals surface area (Å²) in [6.45, 7) is 4.16. The lowest BCUT2D eigenvalue weighted by molar-refractivity contribution is -0.385. The minimum Gasteiger partial charge on any atom is -0.493 e. The van der Waals surface area contributed by atoms with Gasteiger partial charge in [0.05, 0.1) is 24.7 Å². The summed E-state index contributed by atoms with van der Waals surface area (Å²) < 4.78 is 10.5. The highest BCUT2D eigenvalue weighted by molar-refractivity contribution is 7.15. The predicted molar refractivity (Wildman–Crippen MR) is 97.3 cm³/mol.